The van der Waals surface area contributed by atoms with Crippen molar-refractivity contribution in [3.05, 3.63) is 57.0 Å². The first kappa shape index (κ1) is 21.3. The van der Waals surface area contributed by atoms with Gasteiger partial charge in [-0.2, -0.15) is 10.1 Å². The van der Waals surface area contributed by atoms with Crippen LogP contribution in [0.15, 0.2) is 41.5 Å². The Labute approximate surface area is 191 Å². The highest BCUT2D eigenvalue weighted by Gasteiger charge is 2.32. The van der Waals surface area contributed by atoms with Crippen molar-refractivity contribution in [2.75, 3.05) is 9.91 Å². The molecule has 4 rings (SSSR count). The summed E-state index contributed by atoms with van der Waals surface area (Å²) in [5, 5.41) is 8.26. The number of hydrogen-bond acceptors (Lipinski definition) is 5. The molecule has 31 heavy (non-hydrogen) atoms. The van der Waals surface area contributed by atoms with Crippen molar-refractivity contribution in [1.82, 2.24) is 5.32 Å². The van der Waals surface area contributed by atoms with E-state index in [1.165, 1.54) is 24.3 Å². The molecule has 1 N–H and O–H groups in total. The zero-order valence-corrected chi connectivity index (χ0v) is 18.0. The van der Waals surface area contributed by atoms with Gasteiger partial charge in [-0.3, -0.25) is 24.1 Å². The molecule has 0 aromatic heterocycles. The fraction of sp³-hybridized carbons (Fsp3) is 0.150. The number of carbonyl (C=O) groups excluding carboxylic acids is 4. The quantitative estimate of drug-likeness (QED) is 0.677. The van der Waals surface area contributed by atoms with Gasteiger partial charge in [0, 0.05) is 23.4 Å². The summed E-state index contributed by atoms with van der Waals surface area (Å²) in [6.07, 6.45) is 0.101. The minimum atomic E-state index is -0.553. The summed E-state index contributed by atoms with van der Waals surface area (Å²) < 4.78 is 0. The van der Waals surface area contributed by atoms with Gasteiger partial charge in [-0.15, -0.1) is 0 Å². The molecule has 2 aliphatic heterocycles. The predicted octanol–water partition coefficient (Wildman–Crippen LogP) is 3.78. The number of nitrogens with zero attached hydrogens (tertiary/aromatic N) is 3. The van der Waals surface area contributed by atoms with Crippen molar-refractivity contribution in [2.45, 2.75) is 19.3 Å². The number of hydrogen-bond donors (Lipinski definition) is 1. The number of halogens is 3. The molecule has 2 aromatic rings. The zero-order valence-electron chi connectivity index (χ0n) is 15.7. The summed E-state index contributed by atoms with van der Waals surface area (Å²) in [5.41, 5.74) is 0.669. The summed E-state index contributed by atoms with van der Waals surface area (Å²) in [5.74, 6) is -1.54. The number of hydrazone groups is 1. The summed E-state index contributed by atoms with van der Waals surface area (Å²) in [6, 6.07) is 8.93. The fourth-order valence-corrected chi connectivity index (χ4v) is 4.24. The minimum absolute atomic E-state index is 0.0933. The van der Waals surface area contributed by atoms with Crippen LogP contribution >= 0.6 is 34.8 Å². The molecule has 4 amide bonds. The molecule has 2 aliphatic rings. The third kappa shape index (κ3) is 4.14. The third-order valence-corrected chi connectivity index (χ3v) is 5.44. The topological polar surface area (TPSA) is 99.2 Å². The largest absolute Gasteiger partial charge is 0.308 e. The van der Waals surface area contributed by atoms with Crippen molar-refractivity contribution in [3.8, 4) is 0 Å². The molecule has 0 aliphatic carbocycles. The van der Waals surface area contributed by atoms with E-state index in [9.17, 15) is 19.2 Å². The van der Waals surface area contributed by atoms with Gasteiger partial charge in [0.05, 0.1) is 22.2 Å². The van der Waals surface area contributed by atoms with E-state index < -0.39 is 11.8 Å². The van der Waals surface area contributed by atoms with E-state index in [1.54, 1.807) is 12.1 Å². The minimum Gasteiger partial charge on any atom is -0.308 e. The average molecular weight is 480 g/mol. The Kier molecular flexibility index (Phi) is 5.70. The number of amides is 4. The number of nitrogens with one attached hydrogen (secondary N) is 1. The molecule has 1 fully saturated rings. The lowest BCUT2D eigenvalue weighted by Crippen LogP contribution is -2.31. The Morgan fingerprint density at radius 1 is 0.935 bits per heavy atom. The third-order valence-electron chi connectivity index (χ3n) is 4.64. The summed E-state index contributed by atoms with van der Waals surface area (Å²) in [6.45, 7) is 0. The second-order valence-corrected chi connectivity index (χ2v) is 8.03. The van der Waals surface area contributed by atoms with E-state index in [4.69, 9.17) is 34.8 Å². The first-order valence-corrected chi connectivity index (χ1v) is 10.2. The second kappa shape index (κ2) is 8.30. The average Bonchev–Trinajstić information content (AvgIpc) is 3.22. The number of carbonyl (C=O) groups is 4. The van der Waals surface area contributed by atoms with E-state index >= 15 is 0 Å². The highest BCUT2D eigenvalue weighted by Crippen LogP contribution is 2.38. The van der Waals surface area contributed by atoms with Crippen LogP contribution in [0.4, 0.5) is 11.4 Å². The predicted molar refractivity (Wildman–Crippen MR) is 117 cm³/mol. The van der Waals surface area contributed by atoms with Crippen molar-refractivity contribution < 1.29 is 19.2 Å². The Morgan fingerprint density at radius 3 is 2.23 bits per heavy atom. The van der Waals surface area contributed by atoms with Crippen LogP contribution in [0.5, 0.6) is 0 Å². The number of benzene rings is 2. The van der Waals surface area contributed by atoms with Crippen molar-refractivity contribution in [3.63, 3.8) is 0 Å². The second-order valence-electron chi connectivity index (χ2n) is 6.77. The van der Waals surface area contributed by atoms with Crippen LogP contribution in [0.3, 0.4) is 0 Å². The maximum absolute atomic E-state index is 12.7. The maximum Gasteiger partial charge on any atom is 0.256 e. The van der Waals surface area contributed by atoms with Gasteiger partial charge in [0.2, 0.25) is 11.8 Å². The van der Waals surface area contributed by atoms with E-state index in [0.717, 1.165) is 9.91 Å². The van der Waals surface area contributed by atoms with Crippen LogP contribution in [0.1, 0.15) is 29.6 Å². The Balaban J connectivity index is 1.55. The van der Waals surface area contributed by atoms with Crippen molar-refractivity contribution in [2.24, 2.45) is 5.10 Å². The lowest BCUT2D eigenvalue weighted by atomic mass is 10.1. The van der Waals surface area contributed by atoms with Gasteiger partial charge in [0.15, 0.2) is 0 Å². The van der Waals surface area contributed by atoms with Crippen molar-refractivity contribution in [1.29, 1.82) is 0 Å². The lowest BCUT2D eigenvalue weighted by molar-refractivity contribution is -0.121. The van der Waals surface area contributed by atoms with Crippen LogP contribution in [-0.4, -0.2) is 29.5 Å². The normalized spacial score (nSPS) is 16.2. The number of amidine groups is 1. The molecular weight excluding hydrogens is 467 g/mol. The van der Waals surface area contributed by atoms with Crippen LogP contribution in [0.25, 0.3) is 0 Å². The van der Waals surface area contributed by atoms with Crippen LogP contribution in [-0.2, 0) is 14.4 Å². The number of anilines is 2. The molecule has 2 aromatic carbocycles. The Hall–Kier alpha value is -2.94. The highest BCUT2D eigenvalue weighted by molar-refractivity contribution is 6.42. The molecule has 0 atom stereocenters. The van der Waals surface area contributed by atoms with Gasteiger partial charge in [-0.05, 0) is 30.3 Å². The lowest BCUT2D eigenvalue weighted by Gasteiger charge is -2.15. The van der Waals surface area contributed by atoms with E-state index in [1.807, 2.05) is 0 Å². The first-order valence-electron chi connectivity index (χ1n) is 9.07. The summed E-state index contributed by atoms with van der Waals surface area (Å²) in [7, 11) is 0. The summed E-state index contributed by atoms with van der Waals surface area (Å²) >= 11 is 18.2. The fourth-order valence-electron chi connectivity index (χ4n) is 3.26. The highest BCUT2D eigenvalue weighted by atomic mass is 35.5. The van der Waals surface area contributed by atoms with E-state index in [2.05, 4.69) is 10.4 Å². The molecular formula is C20H13Cl3N4O4. The van der Waals surface area contributed by atoms with Crippen LogP contribution < -0.4 is 15.2 Å². The molecule has 0 bridgehead atoms. The molecule has 0 saturated carbocycles. The molecule has 158 valence electrons. The molecule has 0 spiro atoms. The SMILES string of the molecule is O=C(NC1=NN(c2c(Cl)cc(Cl)cc2Cl)C(=O)C1)c1cccc(N2C(=O)CCC2=O)c1. The molecule has 11 heteroatoms. The van der Waals surface area contributed by atoms with Gasteiger partial charge in [0.25, 0.3) is 11.8 Å². The maximum atomic E-state index is 12.7. The Morgan fingerprint density at radius 2 is 1.58 bits per heavy atom. The van der Waals surface area contributed by atoms with Crippen LogP contribution in [0.2, 0.25) is 15.1 Å². The molecule has 0 radical (unpaired) electrons. The van der Waals surface area contributed by atoms with Gasteiger partial charge < -0.3 is 5.32 Å². The monoisotopic (exact) mass is 478 g/mol. The standard InChI is InChI=1S/C20H13Cl3N4O4/c21-11-7-13(22)19(14(23)8-11)27-18(30)9-15(25-27)24-20(31)10-2-1-3-12(6-10)26-16(28)4-5-17(26)29/h1-3,6-8H,4-5,9H2,(H,24,25,31). The van der Waals surface area contributed by atoms with Crippen LogP contribution in [0, 0.1) is 0 Å². The smallest absolute Gasteiger partial charge is 0.256 e. The Bertz CT molecular complexity index is 1140. The van der Waals surface area contributed by atoms with E-state index in [-0.39, 0.29) is 58.2 Å². The van der Waals surface area contributed by atoms with Gasteiger partial charge in [-0.25, -0.2) is 0 Å². The number of imide groups is 1. The van der Waals surface area contributed by atoms with Crippen molar-refractivity contribution >= 4 is 75.6 Å². The zero-order chi connectivity index (χ0) is 22.3. The van der Waals surface area contributed by atoms with Gasteiger partial charge >= 0.3 is 0 Å². The van der Waals surface area contributed by atoms with Gasteiger partial charge in [-0.1, -0.05) is 40.9 Å². The van der Waals surface area contributed by atoms with Gasteiger partial charge in [0.1, 0.15) is 11.5 Å². The first-order chi connectivity index (χ1) is 14.7. The van der Waals surface area contributed by atoms with E-state index in [0.29, 0.717) is 10.7 Å². The molecule has 1 saturated heterocycles. The summed E-state index contributed by atoms with van der Waals surface area (Å²) in [4.78, 5) is 50.0. The number of rotatable bonds is 3. The molecule has 0 unspecified atom stereocenters. The molecule has 2 heterocycles. The molecule has 8 nitrogen and oxygen atoms in total.